The lowest BCUT2D eigenvalue weighted by molar-refractivity contribution is -0.203. The number of aliphatic hydroxyl groups excluding tert-OH is 2. The van der Waals surface area contributed by atoms with E-state index in [0.717, 1.165) is 69.9 Å². The van der Waals surface area contributed by atoms with Gasteiger partial charge < -0.3 is 10.2 Å². The second-order valence-corrected chi connectivity index (χ2v) is 16.9. The molecule has 5 rings (SSSR count). The highest BCUT2D eigenvalue weighted by atomic mass is 32.2. The summed E-state index contributed by atoms with van der Waals surface area (Å²) in [6, 6.07) is 2.12. The van der Waals surface area contributed by atoms with Crippen LogP contribution in [0.2, 0.25) is 0 Å². The summed E-state index contributed by atoms with van der Waals surface area (Å²) in [5.41, 5.74) is 0.304. The van der Waals surface area contributed by atoms with E-state index in [1.54, 1.807) is 0 Å². The first-order valence-corrected chi connectivity index (χ1v) is 17.9. The maximum Gasteiger partial charge on any atom is 0.185 e. The third-order valence-corrected chi connectivity index (χ3v) is 14.5. The molecule has 4 saturated carbocycles. The van der Waals surface area contributed by atoms with Crippen molar-refractivity contribution in [3.05, 3.63) is 29.8 Å². The van der Waals surface area contributed by atoms with Crippen molar-refractivity contribution in [3.8, 4) is 0 Å². The van der Waals surface area contributed by atoms with Crippen LogP contribution in [-0.4, -0.2) is 42.4 Å². The Hall–Kier alpha value is -1.38. The predicted octanol–water partition coefficient (Wildman–Crippen LogP) is 6.74. The number of hydrogen-bond acceptors (Lipinski definition) is 5. The summed E-state index contributed by atoms with van der Waals surface area (Å²) >= 11 is 0. The number of benzene rings is 1. The number of carbonyl (C=O) groups is 1. The molecule has 0 bridgehead atoms. The van der Waals surface area contributed by atoms with Crippen LogP contribution in [0.25, 0.3) is 0 Å². The van der Waals surface area contributed by atoms with Gasteiger partial charge in [-0.1, -0.05) is 40.5 Å². The lowest BCUT2D eigenvalue weighted by Crippen LogP contribution is -2.62. The number of halogens is 2. The standard InChI is InChI=1S/C34H50F2O5S/c1-5-26-30-18-23(37)11-13-34(30,4)29-12-14-33(3)27(9-10-28(33)31(29)32(26)39)20(2)7-6-8-24(38)19-42(40,41)25-16-21(35)15-22(36)17-25/h15-17,20,23,26-32,37,39H,5-14,18-19H2,1-4H3/t20-,23-,26-,27-,28+,29+,30+,31+,32-,33-,34-/m1/s1. The predicted molar refractivity (Wildman–Crippen MR) is 158 cm³/mol. The molecule has 2 N–H and O–H groups in total. The van der Waals surface area contributed by atoms with Crippen LogP contribution in [0, 0.1) is 63.9 Å². The first kappa shape index (κ1) is 32.0. The Balaban J connectivity index is 1.22. The van der Waals surface area contributed by atoms with Crippen LogP contribution < -0.4 is 0 Å². The molecule has 0 heterocycles. The molecule has 5 nitrogen and oxygen atoms in total. The maximum atomic E-state index is 13.5. The molecule has 236 valence electrons. The molecule has 0 aliphatic heterocycles. The molecule has 4 aliphatic carbocycles. The van der Waals surface area contributed by atoms with E-state index in [1.807, 2.05) is 0 Å². The van der Waals surface area contributed by atoms with Crippen LogP contribution in [-0.2, 0) is 14.6 Å². The van der Waals surface area contributed by atoms with Crippen molar-refractivity contribution in [2.24, 2.45) is 52.3 Å². The van der Waals surface area contributed by atoms with Crippen molar-refractivity contribution in [1.82, 2.24) is 0 Å². The summed E-state index contributed by atoms with van der Waals surface area (Å²) in [5, 5.41) is 22.4. The highest BCUT2D eigenvalue weighted by Gasteiger charge is 2.64. The molecule has 0 aromatic heterocycles. The number of ketones is 1. The van der Waals surface area contributed by atoms with Crippen LogP contribution in [0.1, 0.15) is 98.3 Å². The van der Waals surface area contributed by atoms with Gasteiger partial charge in [0, 0.05) is 12.5 Å². The van der Waals surface area contributed by atoms with Gasteiger partial charge in [0.25, 0.3) is 0 Å². The molecule has 1 aromatic rings. The molecule has 1 aromatic carbocycles. The third-order valence-electron chi connectivity index (χ3n) is 12.8. The molecule has 42 heavy (non-hydrogen) atoms. The zero-order chi connectivity index (χ0) is 30.6. The van der Waals surface area contributed by atoms with Crippen molar-refractivity contribution in [2.45, 2.75) is 115 Å². The first-order valence-electron chi connectivity index (χ1n) is 16.3. The molecule has 4 fully saturated rings. The Morgan fingerprint density at radius 3 is 2.29 bits per heavy atom. The van der Waals surface area contributed by atoms with E-state index in [1.165, 1.54) is 0 Å². The van der Waals surface area contributed by atoms with E-state index in [2.05, 4.69) is 27.7 Å². The van der Waals surface area contributed by atoms with E-state index in [4.69, 9.17) is 0 Å². The fraction of sp³-hybridized carbons (Fsp3) is 0.794. The Morgan fingerprint density at radius 1 is 0.976 bits per heavy atom. The van der Waals surface area contributed by atoms with Gasteiger partial charge in [-0.25, -0.2) is 17.2 Å². The smallest absolute Gasteiger partial charge is 0.185 e. The number of hydrogen-bond donors (Lipinski definition) is 2. The van der Waals surface area contributed by atoms with Crippen molar-refractivity contribution >= 4 is 15.6 Å². The SMILES string of the molecule is CC[C@H]1[C@@H](O)[C@@H]2[C@H](CC[C@]3(C)[C@@H]([C@H](C)CCCC(=O)CS(=O)(=O)c4cc(F)cc(F)c4)CC[C@@H]23)[C@@]2(C)CC[C@@H](O)C[C@@H]12. The van der Waals surface area contributed by atoms with E-state index in [0.29, 0.717) is 48.0 Å². The van der Waals surface area contributed by atoms with Crippen LogP contribution in [0.5, 0.6) is 0 Å². The lowest BCUT2D eigenvalue weighted by Gasteiger charge is -2.64. The van der Waals surface area contributed by atoms with Gasteiger partial charge in [0.15, 0.2) is 9.84 Å². The molecular weight excluding hydrogens is 558 g/mol. The average Bonchev–Trinajstić information content (AvgIpc) is 3.26. The summed E-state index contributed by atoms with van der Waals surface area (Å²) in [6.45, 7) is 9.34. The minimum absolute atomic E-state index is 0.126. The van der Waals surface area contributed by atoms with E-state index in [-0.39, 0.29) is 35.4 Å². The summed E-state index contributed by atoms with van der Waals surface area (Å²) < 4.78 is 52.2. The van der Waals surface area contributed by atoms with Crippen LogP contribution in [0.3, 0.4) is 0 Å². The summed E-state index contributed by atoms with van der Waals surface area (Å²) in [6.07, 6.45) is 9.11. The summed E-state index contributed by atoms with van der Waals surface area (Å²) in [7, 11) is -4.10. The Morgan fingerprint density at radius 2 is 1.62 bits per heavy atom. The molecule has 0 radical (unpaired) electrons. The van der Waals surface area contributed by atoms with Crippen LogP contribution >= 0.6 is 0 Å². The van der Waals surface area contributed by atoms with E-state index >= 15 is 0 Å². The monoisotopic (exact) mass is 608 g/mol. The lowest BCUT2D eigenvalue weighted by atomic mass is 9.41. The molecule has 0 saturated heterocycles. The zero-order valence-electron chi connectivity index (χ0n) is 25.7. The number of Topliss-reactive ketones (excluding diaryl/α,β-unsaturated/α-hetero) is 1. The second kappa shape index (κ2) is 11.8. The minimum Gasteiger partial charge on any atom is -0.393 e. The van der Waals surface area contributed by atoms with Crippen LogP contribution in [0.4, 0.5) is 8.78 Å². The molecule has 4 aliphatic rings. The fourth-order valence-electron chi connectivity index (χ4n) is 10.8. The van der Waals surface area contributed by atoms with Gasteiger partial charge in [0.05, 0.1) is 17.1 Å². The topological polar surface area (TPSA) is 91.7 Å². The van der Waals surface area contributed by atoms with Gasteiger partial charge in [-0.15, -0.1) is 0 Å². The first-order chi connectivity index (χ1) is 19.7. The minimum atomic E-state index is -4.10. The Kier molecular flexibility index (Phi) is 9.04. The third kappa shape index (κ3) is 5.62. The van der Waals surface area contributed by atoms with Gasteiger partial charge in [0.1, 0.15) is 23.2 Å². The van der Waals surface area contributed by atoms with Gasteiger partial charge >= 0.3 is 0 Å². The highest BCUT2D eigenvalue weighted by Crippen LogP contribution is 2.69. The maximum absolute atomic E-state index is 13.5. The highest BCUT2D eigenvalue weighted by molar-refractivity contribution is 7.92. The molecule has 0 unspecified atom stereocenters. The summed E-state index contributed by atoms with van der Waals surface area (Å²) in [5.74, 6) is -0.417. The number of carbonyl (C=O) groups excluding carboxylic acids is 1. The molecule has 8 heteroatoms. The fourth-order valence-corrected chi connectivity index (χ4v) is 12.1. The normalized spacial score (nSPS) is 40.6. The van der Waals surface area contributed by atoms with Crippen molar-refractivity contribution in [2.75, 3.05) is 5.75 Å². The molecule has 0 spiro atoms. The van der Waals surface area contributed by atoms with Crippen molar-refractivity contribution < 1.29 is 32.2 Å². The van der Waals surface area contributed by atoms with E-state index in [9.17, 15) is 32.2 Å². The van der Waals surface area contributed by atoms with Crippen LogP contribution in [0.15, 0.2) is 23.1 Å². The quantitative estimate of drug-likeness (QED) is 0.324. The van der Waals surface area contributed by atoms with Gasteiger partial charge in [-0.2, -0.15) is 0 Å². The number of rotatable bonds is 9. The largest absolute Gasteiger partial charge is 0.393 e. The Labute approximate surface area is 250 Å². The van der Waals surface area contributed by atoms with E-state index < -0.39 is 37.9 Å². The molecule has 0 amide bonds. The number of sulfone groups is 1. The summed E-state index contributed by atoms with van der Waals surface area (Å²) in [4.78, 5) is 12.1. The molecular formula is C34H50F2O5S. The number of fused-ring (bicyclic) bond motifs is 5. The Bertz CT molecular complexity index is 1250. The molecule has 11 atom stereocenters. The van der Waals surface area contributed by atoms with Gasteiger partial charge in [-0.05, 0) is 116 Å². The number of aliphatic hydroxyl groups is 2. The second-order valence-electron chi connectivity index (χ2n) is 14.9. The van der Waals surface area contributed by atoms with Gasteiger partial charge in [-0.3, -0.25) is 4.79 Å². The van der Waals surface area contributed by atoms with Gasteiger partial charge in [0.2, 0.25) is 0 Å². The van der Waals surface area contributed by atoms with Crippen molar-refractivity contribution in [1.29, 1.82) is 0 Å². The van der Waals surface area contributed by atoms with Crippen molar-refractivity contribution in [3.63, 3.8) is 0 Å². The average molecular weight is 609 g/mol. The zero-order valence-corrected chi connectivity index (χ0v) is 26.5.